The summed E-state index contributed by atoms with van der Waals surface area (Å²) < 4.78 is 7.46. The normalized spacial score (nSPS) is 15.8. The average molecular weight is 315 g/mol. The Kier molecular flexibility index (Phi) is 4.19. The number of carbonyl (C=O) groups excluding carboxylic acids is 1. The van der Waals surface area contributed by atoms with Crippen LogP contribution in [0.5, 0.6) is 0 Å². The number of pyridine rings is 1. The number of nitrogens with zero attached hydrogens (tertiary/aromatic N) is 2. The summed E-state index contributed by atoms with van der Waals surface area (Å²) in [6, 6.07) is 1.59. The van der Waals surface area contributed by atoms with Gasteiger partial charge in [-0.25, -0.2) is 0 Å². The number of aryl methyl sites for hydroxylation is 1. The van der Waals surface area contributed by atoms with Gasteiger partial charge in [-0.05, 0) is 28.9 Å². The molecule has 18 heavy (non-hydrogen) atoms. The first-order valence-electron chi connectivity index (χ1n) is 5.90. The molecule has 2 heterocycles. The first-order valence-corrected chi connectivity index (χ1v) is 6.69. The molecule has 5 nitrogen and oxygen atoms in total. The Morgan fingerprint density at radius 2 is 2.11 bits per heavy atom. The van der Waals surface area contributed by atoms with Crippen LogP contribution < -0.4 is 5.56 Å². The molecule has 1 aliphatic heterocycles. The van der Waals surface area contributed by atoms with E-state index in [1.54, 1.807) is 17.2 Å². The van der Waals surface area contributed by atoms with Crippen LogP contribution in [-0.2, 0) is 11.3 Å². The second kappa shape index (κ2) is 5.67. The predicted octanol–water partition coefficient (Wildman–Crippen LogP) is 1.10. The molecule has 0 aromatic carbocycles. The summed E-state index contributed by atoms with van der Waals surface area (Å²) in [6.45, 7) is 4.55. The van der Waals surface area contributed by atoms with Crippen LogP contribution in [0.25, 0.3) is 0 Å². The van der Waals surface area contributed by atoms with Gasteiger partial charge in [-0.2, -0.15) is 0 Å². The van der Waals surface area contributed by atoms with Crippen molar-refractivity contribution in [1.82, 2.24) is 9.47 Å². The van der Waals surface area contributed by atoms with Crippen molar-refractivity contribution < 1.29 is 9.53 Å². The lowest BCUT2D eigenvalue weighted by molar-refractivity contribution is 0.0301. The molecule has 0 radical (unpaired) electrons. The topological polar surface area (TPSA) is 51.5 Å². The second-order valence-corrected chi connectivity index (χ2v) is 4.98. The van der Waals surface area contributed by atoms with E-state index in [2.05, 4.69) is 15.9 Å². The average Bonchev–Trinajstić information content (AvgIpc) is 2.41. The van der Waals surface area contributed by atoms with E-state index in [0.717, 1.165) is 4.47 Å². The Balaban J connectivity index is 2.35. The maximum atomic E-state index is 12.3. The number of rotatable bonds is 2. The zero-order chi connectivity index (χ0) is 13.1. The van der Waals surface area contributed by atoms with Crippen molar-refractivity contribution >= 4 is 21.8 Å². The highest BCUT2D eigenvalue weighted by molar-refractivity contribution is 9.10. The van der Waals surface area contributed by atoms with E-state index in [1.165, 1.54) is 4.57 Å². The van der Waals surface area contributed by atoms with Gasteiger partial charge in [0.25, 0.3) is 11.5 Å². The molecule has 1 fully saturated rings. The third-order valence-electron chi connectivity index (χ3n) is 2.92. The molecule has 0 spiro atoms. The molecule has 0 unspecified atom stereocenters. The van der Waals surface area contributed by atoms with Crippen LogP contribution in [0.2, 0.25) is 0 Å². The minimum absolute atomic E-state index is 0.216. The molecule has 2 rings (SSSR count). The van der Waals surface area contributed by atoms with E-state index < -0.39 is 0 Å². The molecule has 6 heteroatoms. The number of amides is 1. The smallest absolute Gasteiger partial charge is 0.263 e. The summed E-state index contributed by atoms with van der Waals surface area (Å²) in [5, 5.41) is 0. The molecule has 0 aliphatic carbocycles. The largest absolute Gasteiger partial charge is 0.378 e. The van der Waals surface area contributed by atoms with E-state index in [0.29, 0.717) is 32.8 Å². The minimum atomic E-state index is -0.239. The van der Waals surface area contributed by atoms with E-state index in [-0.39, 0.29) is 17.0 Å². The number of halogens is 1. The predicted molar refractivity (Wildman–Crippen MR) is 70.8 cm³/mol. The van der Waals surface area contributed by atoms with Crippen LogP contribution in [0.1, 0.15) is 17.3 Å². The number of aromatic nitrogens is 1. The molecule has 98 valence electrons. The Morgan fingerprint density at radius 1 is 1.44 bits per heavy atom. The minimum Gasteiger partial charge on any atom is -0.378 e. The number of carbonyl (C=O) groups is 1. The molecule has 1 aromatic rings. The first kappa shape index (κ1) is 13.3. The maximum absolute atomic E-state index is 12.3. The van der Waals surface area contributed by atoms with E-state index >= 15 is 0 Å². The van der Waals surface area contributed by atoms with Crippen molar-refractivity contribution in [2.45, 2.75) is 13.5 Å². The SMILES string of the molecule is CCn1cc(Br)cc(C(=O)N2CCOCC2)c1=O. The van der Waals surface area contributed by atoms with Gasteiger partial charge in [-0.15, -0.1) is 0 Å². The summed E-state index contributed by atoms with van der Waals surface area (Å²) in [5.41, 5.74) is -0.0229. The van der Waals surface area contributed by atoms with Gasteiger partial charge < -0.3 is 14.2 Å². The number of hydrogen-bond acceptors (Lipinski definition) is 3. The molecule has 0 N–H and O–H groups in total. The Hall–Kier alpha value is -1.14. The van der Waals surface area contributed by atoms with Crippen LogP contribution in [0.4, 0.5) is 0 Å². The van der Waals surface area contributed by atoms with Crippen LogP contribution in [0.15, 0.2) is 21.5 Å². The van der Waals surface area contributed by atoms with E-state index in [1.807, 2.05) is 6.92 Å². The van der Waals surface area contributed by atoms with Crippen LogP contribution in [0.3, 0.4) is 0 Å². The lowest BCUT2D eigenvalue weighted by atomic mass is 10.2. The fourth-order valence-corrected chi connectivity index (χ4v) is 2.40. The summed E-state index contributed by atoms with van der Waals surface area (Å²) >= 11 is 3.33. The van der Waals surface area contributed by atoms with Gasteiger partial charge in [-0.3, -0.25) is 9.59 Å². The van der Waals surface area contributed by atoms with Crippen molar-refractivity contribution in [2.24, 2.45) is 0 Å². The summed E-state index contributed by atoms with van der Waals surface area (Å²) in [5.74, 6) is -0.216. The summed E-state index contributed by atoms with van der Waals surface area (Å²) in [4.78, 5) is 26.0. The number of morpholine rings is 1. The Bertz CT molecular complexity index is 507. The van der Waals surface area contributed by atoms with Crippen molar-refractivity contribution in [3.05, 3.63) is 32.7 Å². The second-order valence-electron chi connectivity index (χ2n) is 4.07. The molecule has 1 aliphatic rings. The maximum Gasteiger partial charge on any atom is 0.263 e. The number of ether oxygens (including phenoxy) is 1. The molecule has 1 saturated heterocycles. The van der Waals surface area contributed by atoms with Gasteiger partial charge in [-0.1, -0.05) is 0 Å². The van der Waals surface area contributed by atoms with E-state index in [9.17, 15) is 9.59 Å². The van der Waals surface area contributed by atoms with Gasteiger partial charge in [0.1, 0.15) is 5.56 Å². The Morgan fingerprint density at radius 3 is 2.72 bits per heavy atom. The zero-order valence-corrected chi connectivity index (χ0v) is 11.8. The third-order valence-corrected chi connectivity index (χ3v) is 3.36. The summed E-state index contributed by atoms with van der Waals surface area (Å²) in [7, 11) is 0. The lowest BCUT2D eigenvalue weighted by Gasteiger charge is -2.26. The van der Waals surface area contributed by atoms with Gasteiger partial charge in [0.2, 0.25) is 0 Å². The molecule has 0 atom stereocenters. The highest BCUT2D eigenvalue weighted by Crippen LogP contribution is 2.11. The monoisotopic (exact) mass is 314 g/mol. The van der Waals surface area contributed by atoms with Crippen molar-refractivity contribution in [3.8, 4) is 0 Å². The molecule has 1 amide bonds. The quantitative estimate of drug-likeness (QED) is 0.821. The van der Waals surface area contributed by atoms with Crippen LogP contribution >= 0.6 is 15.9 Å². The number of hydrogen-bond donors (Lipinski definition) is 0. The van der Waals surface area contributed by atoms with E-state index in [4.69, 9.17) is 4.74 Å². The standard InChI is InChI=1S/C12H15BrN2O3/c1-2-14-8-9(13)7-10(11(14)16)12(17)15-3-5-18-6-4-15/h7-8H,2-6H2,1H3. The van der Waals surface area contributed by atoms with Gasteiger partial charge >= 0.3 is 0 Å². The van der Waals surface area contributed by atoms with Crippen molar-refractivity contribution in [1.29, 1.82) is 0 Å². The van der Waals surface area contributed by atoms with Gasteiger partial charge in [0.05, 0.1) is 13.2 Å². The molecule has 1 aromatic heterocycles. The van der Waals surface area contributed by atoms with Crippen molar-refractivity contribution in [3.63, 3.8) is 0 Å². The fraction of sp³-hybridized carbons (Fsp3) is 0.500. The lowest BCUT2D eigenvalue weighted by Crippen LogP contribution is -2.43. The van der Waals surface area contributed by atoms with Gasteiger partial charge in [0.15, 0.2) is 0 Å². The summed E-state index contributed by atoms with van der Waals surface area (Å²) in [6.07, 6.45) is 1.69. The van der Waals surface area contributed by atoms with Crippen LogP contribution in [-0.4, -0.2) is 41.7 Å². The third kappa shape index (κ3) is 2.64. The first-order chi connectivity index (χ1) is 8.63. The van der Waals surface area contributed by atoms with Crippen LogP contribution in [0, 0.1) is 0 Å². The van der Waals surface area contributed by atoms with Crippen molar-refractivity contribution in [2.75, 3.05) is 26.3 Å². The zero-order valence-electron chi connectivity index (χ0n) is 10.2. The molecular formula is C12H15BrN2O3. The Labute approximate surface area is 113 Å². The molecular weight excluding hydrogens is 300 g/mol. The molecule has 0 bridgehead atoms. The fourth-order valence-electron chi connectivity index (χ4n) is 1.92. The highest BCUT2D eigenvalue weighted by atomic mass is 79.9. The highest BCUT2D eigenvalue weighted by Gasteiger charge is 2.22. The van der Waals surface area contributed by atoms with Gasteiger partial charge in [0, 0.05) is 30.3 Å². The molecule has 0 saturated carbocycles.